The lowest BCUT2D eigenvalue weighted by atomic mass is 9.89. The summed E-state index contributed by atoms with van der Waals surface area (Å²) in [5.41, 5.74) is 0.352. The van der Waals surface area contributed by atoms with E-state index in [0.717, 1.165) is 21.2 Å². The SMILES string of the molecule is Cc1csc(S(=O)(=O)N2CC(C)(C)C(Oc3ccc(C#N)c(CF)c3)C2=O)c1. The molecule has 6 nitrogen and oxygen atoms in total. The van der Waals surface area contributed by atoms with Crippen molar-refractivity contribution in [1.29, 1.82) is 5.26 Å². The van der Waals surface area contributed by atoms with E-state index in [4.69, 9.17) is 10.00 Å². The van der Waals surface area contributed by atoms with Gasteiger partial charge in [-0.05, 0) is 42.1 Å². The van der Waals surface area contributed by atoms with Crippen LogP contribution in [-0.4, -0.2) is 31.3 Å². The van der Waals surface area contributed by atoms with E-state index in [-0.39, 0.29) is 27.6 Å². The number of rotatable bonds is 5. The van der Waals surface area contributed by atoms with Crippen LogP contribution in [0.4, 0.5) is 4.39 Å². The first kappa shape index (κ1) is 20.3. The number of nitriles is 1. The number of hydrogen-bond donors (Lipinski definition) is 0. The lowest BCUT2D eigenvalue weighted by Gasteiger charge is -2.24. The van der Waals surface area contributed by atoms with Crippen LogP contribution in [0.25, 0.3) is 0 Å². The lowest BCUT2D eigenvalue weighted by Crippen LogP contribution is -2.38. The fourth-order valence-electron chi connectivity index (χ4n) is 3.06. The zero-order valence-electron chi connectivity index (χ0n) is 15.6. The van der Waals surface area contributed by atoms with Crippen molar-refractivity contribution in [2.45, 2.75) is 37.8 Å². The molecule has 0 radical (unpaired) electrons. The standard InChI is InChI=1S/C19H19FN2O4S2/c1-12-6-16(27-10-12)28(24,25)22-11-19(2,3)17(18(22)23)26-15-5-4-13(9-21)14(7-15)8-20/h4-7,10,17H,8,11H2,1-3H3. The summed E-state index contributed by atoms with van der Waals surface area (Å²) >= 11 is 1.06. The minimum Gasteiger partial charge on any atom is -0.480 e. The largest absolute Gasteiger partial charge is 0.480 e. The molecule has 0 N–H and O–H groups in total. The van der Waals surface area contributed by atoms with Crippen molar-refractivity contribution in [3.05, 3.63) is 46.3 Å². The fourth-order valence-corrected chi connectivity index (χ4v) is 5.97. The Labute approximate surface area is 167 Å². The Bertz CT molecular complexity index is 1070. The molecule has 1 amide bonds. The number of amides is 1. The number of carbonyl (C=O) groups is 1. The first-order valence-corrected chi connectivity index (χ1v) is 10.8. The second kappa shape index (κ2) is 7.18. The van der Waals surface area contributed by atoms with Crippen molar-refractivity contribution in [3.63, 3.8) is 0 Å². The number of aryl methyl sites for hydroxylation is 1. The van der Waals surface area contributed by atoms with Gasteiger partial charge in [-0.2, -0.15) is 5.26 Å². The average molecular weight is 423 g/mol. The third-order valence-corrected chi connectivity index (χ3v) is 7.85. The summed E-state index contributed by atoms with van der Waals surface area (Å²) in [4.78, 5) is 12.9. The Hall–Kier alpha value is -2.44. The maximum Gasteiger partial charge on any atom is 0.278 e. The molecule has 2 aromatic rings. The normalized spacial score (nSPS) is 18.9. The second-order valence-corrected chi connectivity index (χ2v) is 10.3. The summed E-state index contributed by atoms with van der Waals surface area (Å²) in [5.74, 6) is -0.452. The van der Waals surface area contributed by atoms with Crippen LogP contribution in [0.2, 0.25) is 0 Å². The van der Waals surface area contributed by atoms with Crippen LogP contribution in [-0.2, 0) is 21.5 Å². The number of sulfonamides is 1. The zero-order valence-corrected chi connectivity index (χ0v) is 17.2. The molecule has 0 aliphatic carbocycles. The number of thiophene rings is 1. The minimum atomic E-state index is -3.97. The summed E-state index contributed by atoms with van der Waals surface area (Å²) < 4.78 is 45.7. The van der Waals surface area contributed by atoms with Gasteiger partial charge >= 0.3 is 0 Å². The summed E-state index contributed by atoms with van der Waals surface area (Å²) in [6.45, 7) is 4.39. The number of halogens is 1. The first-order valence-electron chi connectivity index (χ1n) is 8.47. The van der Waals surface area contributed by atoms with Crippen molar-refractivity contribution >= 4 is 27.3 Å². The zero-order chi connectivity index (χ0) is 20.7. The highest BCUT2D eigenvalue weighted by atomic mass is 32.2. The van der Waals surface area contributed by atoms with Crippen LogP contribution in [0.5, 0.6) is 5.75 Å². The van der Waals surface area contributed by atoms with Crippen molar-refractivity contribution < 1.29 is 22.3 Å². The van der Waals surface area contributed by atoms with Gasteiger partial charge in [-0.25, -0.2) is 17.1 Å². The van der Waals surface area contributed by atoms with Gasteiger partial charge in [-0.1, -0.05) is 13.8 Å². The molecule has 1 aromatic heterocycles. The van der Waals surface area contributed by atoms with E-state index in [2.05, 4.69) is 0 Å². The molecule has 1 unspecified atom stereocenters. The molecule has 2 heterocycles. The highest BCUT2D eigenvalue weighted by Crippen LogP contribution is 2.38. The van der Waals surface area contributed by atoms with Crippen LogP contribution < -0.4 is 4.74 Å². The molecule has 1 aromatic carbocycles. The maximum atomic E-state index is 13.1. The molecule has 0 bridgehead atoms. The molecule has 148 valence electrons. The minimum absolute atomic E-state index is 0.0258. The van der Waals surface area contributed by atoms with Crippen molar-refractivity contribution in [2.75, 3.05) is 6.54 Å². The first-order chi connectivity index (χ1) is 13.1. The number of nitrogens with zero attached hydrogens (tertiary/aromatic N) is 2. The van der Waals surface area contributed by atoms with Gasteiger partial charge in [0.1, 0.15) is 16.6 Å². The molecule has 1 saturated heterocycles. The Balaban J connectivity index is 1.91. The van der Waals surface area contributed by atoms with Crippen molar-refractivity contribution in [2.24, 2.45) is 5.41 Å². The van der Waals surface area contributed by atoms with E-state index in [1.54, 1.807) is 26.2 Å². The quantitative estimate of drug-likeness (QED) is 0.737. The van der Waals surface area contributed by atoms with E-state index < -0.39 is 34.1 Å². The smallest absolute Gasteiger partial charge is 0.278 e. The third-order valence-electron chi connectivity index (χ3n) is 4.58. The van der Waals surface area contributed by atoms with Gasteiger partial charge in [-0.3, -0.25) is 4.79 Å². The third kappa shape index (κ3) is 3.50. The van der Waals surface area contributed by atoms with Gasteiger partial charge in [0.05, 0.1) is 11.6 Å². The van der Waals surface area contributed by atoms with Gasteiger partial charge < -0.3 is 4.74 Å². The van der Waals surface area contributed by atoms with Crippen molar-refractivity contribution in [1.82, 2.24) is 4.31 Å². The van der Waals surface area contributed by atoms with E-state index in [9.17, 15) is 17.6 Å². The molecule has 28 heavy (non-hydrogen) atoms. The second-order valence-electron chi connectivity index (χ2n) is 7.34. The molecule has 0 saturated carbocycles. The Morgan fingerprint density at radius 2 is 2.11 bits per heavy atom. The van der Waals surface area contributed by atoms with Gasteiger partial charge in [-0.15, -0.1) is 11.3 Å². The molecule has 1 aliphatic heterocycles. The molecule has 0 spiro atoms. The number of benzene rings is 1. The van der Waals surface area contributed by atoms with Gasteiger partial charge in [0.25, 0.3) is 15.9 Å². The van der Waals surface area contributed by atoms with Crippen LogP contribution in [0.3, 0.4) is 0 Å². The molecular weight excluding hydrogens is 403 g/mol. The maximum absolute atomic E-state index is 13.1. The lowest BCUT2D eigenvalue weighted by molar-refractivity contribution is -0.130. The number of carbonyl (C=O) groups excluding carboxylic acids is 1. The highest BCUT2D eigenvalue weighted by molar-refractivity contribution is 7.91. The monoisotopic (exact) mass is 422 g/mol. The van der Waals surface area contributed by atoms with E-state index in [1.807, 2.05) is 6.07 Å². The highest BCUT2D eigenvalue weighted by Gasteiger charge is 2.52. The number of ether oxygens (including phenoxy) is 1. The van der Waals surface area contributed by atoms with Crippen LogP contribution in [0, 0.1) is 23.7 Å². The van der Waals surface area contributed by atoms with Crippen molar-refractivity contribution in [3.8, 4) is 11.8 Å². The predicted molar refractivity (Wildman–Crippen MR) is 102 cm³/mol. The summed E-state index contributed by atoms with van der Waals surface area (Å²) in [6, 6.07) is 7.67. The van der Waals surface area contributed by atoms with E-state index >= 15 is 0 Å². The van der Waals surface area contributed by atoms with E-state index in [0.29, 0.717) is 0 Å². The van der Waals surface area contributed by atoms with Gasteiger partial charge in [0.2, 0.25) is 0 Å². The summed E-state index contributed by atoms with van der Waals surface area (Å²) in [5, 5.41) is 10.7. The van der Waals surface area contributed by atoms with E-state index in [1.165, 1.54) is 24.3 Å². The molecule has 3 rings (SSSR count). The fraction of sp³-hybridized carbons (Fsp3) is 0.368. The number of alkyl halides is 1. The Morgan fingerprint density at radius 1 is 1.39 bits per heavy atom. The van der Waals surface area contributed by atoms with Gasteiger partial charge in [0, 0.05) is 17.5 Å². The molecule has 1 atom stereocenters. The van der Waals surface area contributed by atoms with Crippen LogP contribution in [0.1, 0.15) is 30.5 Å². The average Bonchev–Trinajstić information content (AvgIpc) is 3.18. The van der Waals surface area contributed by atoms with Crippen LogP contribution in [0.15, 0.2) is 33.9 Å². The summed E-state index contributed by atoms with van der Waals surface area (Å²) in [6.07, 6.45) is -1.05. The molecule has 9 heteroatoms. The van der Waals surface area contributed by atoms with Crippen LogP contribution >= 0.6 is 11.3 Å². The molecule has 1 aliphatic rings. The Kier molecular flexibility index (Phi) is 5.21. The topological polar surface area (TPSA) is 87.5 Å². The van der Waals surface area contributed by atoms with Gasteiger partial charge in [0.15, 0.2) is 6.10 Å². The predicted octanol–water partition coefficient (Wildman–Crippen LogP) is 3.40. The number of hydrogen-bond acceptors (Lipinski definition) is 6. The molecular formula is C19H19FN2O4S2. The Morgan fingerprint density at radius 3 is 2.68 bits per heavy atom. The molecule has 1 fully saturated rings. The summed E-state index contributed by atoms with van der Waals surface area (Å²) in [7, 11) is -3.97.